The van der Waals surface area contributed by atoms with Gasteiger partial charge in [0, 0.05) is 5.56 Å². The number of hydrogen-bond donors (Lipinski definition) is 2. The van der Waals surface area contributed by atoms with Crippen molar-refractivity contribution in [3.05, 3.63) is 63.6 Å². The van der Waals surface area contributed by atoms with Gasteiger partial charge in [-0.05, 0) is 30.3 Å². The number of hydrogen-bond acceptors (Lipinski definition) is 4. The number of aliphatic hydroxyl groups excluding tert-OH is 1. The van der Waals surface area contributed by atoms with E-state index in [1.54, 1.807) is 30.3 Å². The highest BCUT2D eigenvalue weighted by Crippen LogP contribution is 2.24. The molecule has 1 amide bonds. The predicted octanol–water partition coefficient (Wildman–Crippen LogP) is 3.38. The molecule has 3 rings (SSSR count). The predicted molar refractivity (Wildman–Crippen MR) is 94.2 cm³/mol. The number of aliphatic imine (C=N–C) groups is 1. The molecule has 2 N–H and O–H groups in total. The van der Waals surface area contributed by atoms with Crippen molar-refractivity contribution in [2.45, 2.75) is 6.10 Å². The summed E-state index contributed by atoms with van der Waals surface area (Å²) in [7, 11) is 0. The second-order valence-electron chi connectivity index (χ2n) is 5.20. The Labute approximate surface area is 148 Å². The number of ether oxygens (including phenoxy) is 1. The van der Waals surface area contributed by atoms with Crippen LogP contribution in [0.15, 0.2) is 47.5 Å². The van der Waals surface area contributed by atoms with Crippen LogP contribution in [-0.2, 0) is 4.74 Å². The molecule has 1 aliphatic heterocycles. The Morgan fingerprint density at radius 3 is 2.75 bits per heavy atom. The van der Waals surface area contributed by atoms with Crippen molar-refractivity contribution in [3.8, 4) is 0 Å². The number of para-hydroxylation sites is 1. The molecular weight excluding hydrogens is 351 g/mol. The average molecular weight is 365 g/mol. The van der Waals surface area contributed by atoms with E-state index in [0.717, 1.165) is 0 Å². The minimum absolute atomic E-state index is 0.106. The first-order valence-electron chi connectivity index (χ1n) is 7.26. The van der Waals surface area contributed by atoms with Gasteiger partial charge in [-0.1, -0.05) is 35.3 Å². The maximum Gasteiger partial charge on any atom is 0.255 e. The molecule has 1 unspecified atom stereocenters. The first kappa shape index (κ1) is 16.8. The van der Waals surface area contributed by atoms with E-state index in [9.17, 15) is 4.79 Å². The van der Waals surface area contributed by atoms with Crippen LogP contribution in [0.3, 0.4) is 0 Å². The van der Waals surface area contributed by atoms with E-state index >= 15 is 0 Å². The van der Waals surface area contributed by atoms with E-state index in [1.807, 2.05) is 6.07 Å². The van der Waals surface area contributed by atoms with E-state index in [4.69, 9.17) is 33.0 Å². The summed E-state index contributed by atoms with van der Waals surface area (Å²) in [4.78, 5) is 16.7. The van der Waals surface area contributed by atoms with Gasteiger partial charge in [-0.3, -0.25) is 4.79 Å². The lowest BCUT2D eigenvalue weighted by Gasteiger charge is -2.13. The third-order valence-electron chi connectivity index (χ3n) is 3.51. The molecule has 0 radical (unpaired) electrons. The molecule has 0 saturated carbocycles. The van der Waals surface area contributed by atoms with Crippen molar-refractivity contribution in [1.29, 1.82) is 0 Å². The van der Waals surface area contributed by atoms with Crippen molar-refractivity contribution in [2.75, 3.05) is 18.5 Å². The number of nitrogens with one attached hydrogen (secondary N) is 1. The van der Waals surface area contributed by atoms with Crippen molar-refractivity contribution in [1.82, 2.24) is 0 Å². The summed E-state index contributed by atoms with van der Waals surface area (Å²) < 4.78 is 5.57. The number of carbonyl (C=O) groups is 1. The van der Waals surface area contributed by atoms with Crippen molar-refractivity contribution in [3.63, 3.8) is 0 Å². The number of aliphatic hydroxyl groups is 1. The normalized spacial score (nSPS) is 16.5. The third-order valence-corrected chi connectivity index (χ3v) is 4.25. The average Bonchev–Trinajstić information content (AvgIpc) is 3.06. The Hall–Kier alpha value is -2.08. The summed E-state index contributed by atoms with van der Waals surface area (Å²) >= 11 is 11.8. The van der Waals surface area contributed by atoms with Gasteiger partial charge < -0.3 is 15.2 Å². The number of amides is 1. The van der Waals surface area contributed by atoms with Crippen molar-refractivity contribution in [2.24, 2.45) is 4.99 Å². The molecule has 0 aliphatic carbocycles. The monoisotopic (exact) mass is 364 g/mol. The Balaban J connectivity index is 1.83. The van der Waals surface area contributed by atoms with Crippen molar-refractivity contribution < 1.29 is 14.6 Å². The smallest absolute Gasteiger partial charge is 0.255 e. The molecule has 1 aliphatic rings. The molecule has 2 aromatic carbocycles. The molecule has 2 aromatic rings. The fourth-order valence-corrected chi connectivity index (χ4v) is 2.57. The lowest BCUT2D eigenvalue weighted by Crippen LogP contribution is -2.19. The molecule has 0 bridgehead atoms. The van der Waals surface area contributed by atoms with Gasteiger partial charge >= 0.3 is 0 Å². The first-order valence-corrected chi connectivity index (χ1v) is 8.02. The van der Waals surface area contributed by atoms with Crippen LogP contribution in [-0.4, -0.2) is 36.2 Å². The highest BCUT2D eigenvalue weighted by atomic mass is 35.5. The Kier molecular flexibility index (Phi) is 5.04. The molecule has 24 heavy (non-hydrogen) atoms. The molecule has 1 heterocycles. The van der Waals surface area contributed by atoms with Crippen molar-refractivity contribution >= 4 is 40.7 Å². The zero-order valence-electron chi connectivity index (χ0n) is 12.5. The molecule has 7 heteroatoms. The highest BCUT2D eigenvalue weighted by molar-refractivity contribution is 6.42. The number of nitrogens with zero attached hydrogens (tertiary/aromatic N) is 1. The topological polar surface area (TPSA) is 70.9 Å². The maximum atomic E-state index is 12.4. The molecule has 1 atom stereocenters. The third kappa shape index (κ3) is 3.53. The summed E-state index contributed by atoms with van der Waals surface area (Å²) in [5.41, 5.74) is 1.61. The Morgan fingerprint density at radius 2 is 2.04 bits per heavy atom. The van der Waals surface area contributed by atoms with Crippen LogP contribution in [0.25, 0.3) is 0 Å². The lowest BCUT2D eigenvalue weighted by atomic mass is 10.1. The van der Waals surface area contributed by atoms with Gasteiger partial charge in [0.05, 0.1) is 34.4 Å². The van der Waals surface area contributed by atoms with Crippen LogP contribution >= 0.6 is 23.2 Å². The van der Waals surface area contributed by atoms with Crippen LogP contribution in [0.2, 0.25) is 10.0 Å². The molecule has 5 nitrogen and oxygen atoms in total. The molecule has 124 valence electrons. The number of rotatable bonds is 4. The first-order chi connectivity index (χ1) is 11.6. The van der Waals surface area contributed by atoms with E-state index in [1.165, 1.54) is 6.07 Å². The second-order valence-corrected chi connectivity index (χ2v) is 6.01. The van der Waals surface area contributed by atoms with Crippen LogP contribution < -0.4 is 5.32 Å². The highest BCUT2D eigenvalue weighted by Gasteiger charge is 2.22. The van der Waals surface area contributed by atoms with Gasteiger partial charge in [0.15, 0.2) is 0 Å². The standard InChI is InChI=1S/C17H14Cl2N2O3/c18-13-6-5-10(7-14(13)19)16(23)21-15-4-2-1-3-12(15)17-20-8-11(9-22)24-17/h1-7,11,22H,8-9H2,(H,21,23). The molecular formula is C17H14Cl2N2O3. The molecule has 0 fully saturated rings. The SMILES string of the molecule is O=C(Nc1ccccc1C1=NCC(CO)O1)c1ccc(Cl)c(Cl)c1. The van der Waals surface area contributed by atoms with E-state index < -0.39 is 0 Å². The Morgan fingerprint density at radius 1 is 1.25 bits per heavy atom. The van der Waals surface area contributed by atoms with Gasteiger partial charge in [-0.25, -0.2) is 4.99 Å². The summed E-state index contributed by atoms with van der Waals surface area (Å²) in [5.74, 6) is 0.0809. The number of benzene rings is 2. The summed E-state index contributed by atoms with van der Waals surface area (Å²) in [6.07, 6.45) is -0.348. The summed E-state index contributed by atoms with van der Waals surface area (Å²) in [6.45, 7) is 0.283. The lowest BCUT2D eigenvalue weighted by molar-refractivity contribution is 0.102. The van der Waals surface area contributed by atoms with Gasteiger partial charge in [-0.15, -0.1) is 0 Å². The van der Waals surface area contributed by atoms with Crippen LogP contribution in [0.4, 0.5) is 5.69 Å². The fourth-order valence-electron chi connectivity index (χ4n) is 2.27. The number of carbonyl (C=O) groups excluding carboxylic acids is 1. The summed E-state index contributed by atoms with van der Waals surface area (Å²) in [6, 6.07) is 11.8. The van der Waals surface area contributed by atoms with E-state index in [-0.39, 0.29) is 18.6 Å². The molecule has 0 saturated heterocycles. The second kappa shape index (κ2) is 7.21. The van der Waals surface area contributed by atoms with Gasteiger partial charge in [-0.2, -0.15) is 0 Å². The Bertz CT molecular complexity index is 808. The van der Waals surface area contributed by atoms with Crippen LogP contribution in [0.5, 0.6) is 0 Å². The van der Waals surface area contributed by atoms with Gasteiger partial charge in [0.25, 0.3) is 5.91 Å². The number of halogens is 2. The molecule has 0 aromatic heterocycles. The minimum atomic E-state index is -0.348. The van der Waals surface area contributed by atoms with E-state index in [2.05, 4.69) is 10.3 Å². The summed E-state index contributed by atoms with van der Waals surface area (Å²) in [5, 5.41) is 12.7. The van der Waals surface area contributed by atoms with Gasteiger partial charge in [0.2, 0.25) is 5.90 Å². The zero-order chi connectivity index (χ0) is 17.1. The minimum Gasteiger partial charge on any atom is -0.470 e. The fraction of sp³-hybridized carbons (Fsp3) is 0.176. The van der Waals surface area contributed by atoms with Crippen LogP contribution in [0, 0.1) is 0 Å². The number of anilines is 1. The molecule has 0 spiro atoms. The zero-order valence-corrected chi connectivity index (χ0v) is 14.0. The largest absolute Gasteiger partial charge is 0.470 e. The quantitative estimate of drug-likeness (QED) is 0.873. The van der Waals surface area contributed by atoms with E-state index in [0.29, 0.717) is 39.3 Å². The van der Waals surface area contributed by atoms with Crippen LogP contribution in [0.1, 0.15) is 15.9 Å². The maximum absolute atomic E-state index is 12.4. The van der Waals surface area contributed by atoms with Gasteiger partial charge in [0.1, 0.15) is 6.10 Å².